The number of piperidine rings is 1. The van der Waals surface area contributed by atoms with Crippen molar-refractivity contribution in [2.75, 3.05) is 39.1 Å². The van der Waals surface area contributed by atoms with Crippen LogP contribution in [0.5, 0.6) is 11.5 Å². The molecule has 0 bridgehead atoms. The number of ether oxygens (including phenoxy) is 3. The molecule has 1 unspecified atom stereocenters. The molecule has 37 heavy (non-hydrogen) atoms. The first-order chi connectivity index (χ1) is 18.0. The number of nitriles is 1. The lowest BCUT2D eigenvalue weighted by molar-refractivity contribution is -0.142. The van der Waals surface area contributed by atoms with Gasteiger partial charge in [-0.25, -0.2) is 15.0 Å². The van der Waals surface area contributed by atoms with E-state index in [-0.39, 0.29) is 5.91 Å². The highest BCUT2D eigenvalue weighted by atomic mass is 32.2. The minimum Gasteiger partial charge on any atom is -0.486 e. The Morgan fingerprint density at radius 3 is 2.70 bits per heavy atom. The Morgan fingerprint density at radius 1 is 1.27 bits per heavy atom. The van der Waals surface area contributed by atoms with Crippen LogP contribution >= 0.6 is 11.8 Å². The first kappa shape index (κ1) is 25.1. The van der Waals surface area contributed by atoms with Gasteiger partial charge in [-0.3, -0.25) is 4.79 Å². The second kappa shape index (κ2) is 10.8. The van der Waals surface area contributed by atoms with Crippen LogP contribution in [0.25, 0.3) is 11.2 Å². The minimum atomic E-state index is -0.419. The number of rotatable bonds is 7. The monoisotopic (exact) mass is 523 g/mol. The second-order valence-electron chi connectivity index (χ2n) is 9.12. The topological polar surface area (TPSA) is 141 Å². The van der Waals surface area contributed by atoms with E-state index in [4.69, 9.17) is 24.9 Å². The molecule has 0 spiro atoms. The van der Waals surface area contributed by atoms with E-state index in [1.807, 2.05) is 15.5 Å². The third-order valence-electron chi connectivity index (χ3n) is 6.88. The van der Waals surface area contributed by atoms with Gasteiger partial charge in [0.2, 0.25) is 0 Å². The molecule has 0 aliphatic carbocycles. The van der Waals surface area contributed by atoms with Crippen molar-refractivity contribution in [1.82, 2.24) is 24.4 Å². The maximum absolute atomic E-state index is 12.4. The molecule has 2 N–H and O–H groups in total. The number of carbonyl (C=O) groups excluding carboxylic acids is 1. The zero-order valence-corrected chi connectivity index (χ0v) is 21.7. The molecule has 4 heterocycles. The molecule has 2 aliphatic rings. The molecule has 1 fully saturated rings. The molecule has 11 nitrogen and oxygen atoms in total. The summed E-state index contributed by atoms with van der Waals surface area (Å²) in [6.45, 7) is 4.82. The summed E-state index contributed by atoms with van der Waals surface area (Å²) in [5.74, 6) is 1.99. The number of fused-ring (bicyclic) bond motifs is 2. The molecule has 1 amide bonds. The van der Waals surface area contributed by atoms with Gasteiger partial charge in [0, 0.05) is 37.7 Å². The lowest BCUT2D eigenvalue weighted by atomic mass is 9.93. The van der Waals surface area contributed by atoms with Crippen LogP contribution in [-0.2, 0) is 16.1 Å². The maximum atomic E-state index is 12.4. The molecule has 1 aromatic carbocycles. The fraction of sp³-hybridized carbons (Fsp3) is 0.480. The Balaban J connectivity index is 1.36. The number of aromatic nitrogens is 4. The molecular weight excluding hydrogens is 494 g/mol. The largest absolute Gasteiger partial charge is 0.486 e. The third kappa shape index (κ3) is 5.14. The van der Waals surface area contributed by atoms with Gasteiger partial charge in [0.15, 0.2) is 33.6 Å². The number of methoxy groups -OCH3 is 1. The molecule has 2 aromatic heterocycles. The van der Waals surface area contributed by atoms with Gasteiger partial charge in [-0.1, -0.05) is 11.8 Å². The highest BCUT2D eigenvalue weighted by molar-refractivity contribution is 7.99. The van der Waals surface area contributed by atoms with Crippen molar-refractivity contribution in [3.8, 4) is 17.6 Å². The van der Waals surface area contributed by atoms with E-state index in [1.165, 1.54) is 18.1 Å². The highest BCUT2D eigenvalue weighted by Gasteiger charge is 2.27. The molecule has 2 aliphatic heterocycles. The molecule has 1 saturated heterocycles. The number of anilines is 1. The smallest absolute Gasteiger partial charge is 0.251 e. The average molecular weight is 524 g/mol. The van der Waals surface area contributed by atoms with Crippen LogP contribution in [0.1, 0.15) is 31.7 Å². The average Bonchev–Trinajstić information content (AvgIpc) is 3.29. The summed E-state index contributed by atoms with van der Waals surface area (Å²) in [7, 11) is 1.56. The molecule has 0 radical (unpaired) electrons. The number of carbonyl (C=O) groups is 1. The van der Waals surface area contributed by atoms with Gasteiger partial charge in [0.1, 0.15) is 31.7 Å². The number of benzene rings is 1. The second-order valence-corrected chi connectivity index (χ2v) is 10.1. The standard InChI is InChI=1S/C25H29N7O4S/c1-15(34-2)24(33)31-6-3-16(4-7-31)5-8-32-23-21(22(27)28-14-29-23)30-25(32)37-20-12-19-18(11-17(20)13-26)35-9-10-36-19/h11-12,14-16H,3-10H2,1-2H3,(H2,27,28,29). The first-order valence-corrected chi connectivity index (χ1v) is 13.1. The van der Waals surface area contributed by atoms with E-state index in [0.717, 1.165) is 32.4 Å². The van der Waals surface area contributed by atoms with Crippen LogP contribution in [-0.4, -0.2) is 69.8 Å². The lowest BCUT2D eigenvalue weighted by Crippen LogP contribution is -2.43. The molecule has 5 rings (SSSR count). The summed E-state index contributed by atoms with van der Waals surface area (Å²) in [5, 5.41) is 10.4. The van der Waals surface area contributed by atoms with Crippen molar-refractivity contribution >= 4 is 34.7 Å². The van der Waals surface area contributed by atoms with Crippen molar-refractivity contribution < 1.29 is 19.0 Å². The van der Waals surface area contributed by atoms with Crippen molar-refractivity contribution in [1.29, 1.82) is 5.26 Å². The molecule has 1 atom stereocenters. The van der Waals surface area contributed by atoms with Crippen molar-refractivity contribution in [3.63, 3.8) is 0 Å². The quantitative estimate of drug-likeness (QED) is 0.491. The SMILES string of the molecule is COC(C)C(=O)N1CCC(CCn2c(Sc3cc4c(cc3C#N)OCCO4)nc3c(N)ncnc32)CC1. The van der Waals surface area contributed by atoms with Gasteiger partial charge in [0.25, 0.3) is 5.91 Å². The summed E-state index contributed by atoms with van der Waals surface area (Å²) in [6, 6.07) is 5.78. The fourth-order valence-corrected chi connectivity index (χ4v) is 5.67. The normalized spacial score (nSPS) is 16.5. The van der Waals surface area contributed by atoms with Gasteiger partial charge in [-0.15, -0.1) is 0 Å². The fourth-order valence-electron chi connectivity index (χ4n) is 4.67. The van der Waals surface area contributed by atoms with Crippen LogP contribution in [0.4, 0.5) is 5.82 Å². The van der Waals surface area contributed by atoms with Crippen molar-refractivity contribution in [2.24, 2.45) is 5.92 Å². The summed E-state index contributed by atoms with van der Waals surface area (Å²) < 4.78 is 18.6. The van der Waals surface area contributed by atoms with E-state index in [2.05, 4.69) is 16.0 Å². The summed E-state index contributed by atoms with van der Waals surface area (Å²) >= 11 is 1.37. The number of nitrogen functional groups attached to an aromatic ring is 1. The number of likely N-dealkylation sites (tertiary alicyclic amines) is 1. The number of nitrogens with zero attached hydrogens (tertiary/aromatic N) is 6. The van der Waals surface area contributed by atoms with Gasteiger partial charge >= 0.3 is 0 Å². The van der Waals surface area contributed by atoms with Gasteiger partial charge in [0.05, 0.1) is 5.56 Å². The van der Waals surface area contributed by atoms with E-state index >= 15 is 0 Å². The number of hydrogen-bond donors (Lipinski definition) is 1. The first-order valence-electron chi connectivity index (χ1n) is 12.3. The zero-order chi connectivity index (χ0) is 25.9. The van der Waals surface area contributed by atoms with E-state index in [9.17, 15) is 10.1 Å². The summed E-state index contributed by atoms with van der Waals surface area (Å²) in [4.78, 5) is 28.4. The maximum Gasteiger partial charge on any atom is 0.251 e. The van der Waals surface area contributed by atoms with E-state index in [0.29, 0.717) is 69.8 Å². The van der Waals surface area contributed by atoms with Crippen LogP contribution in [0.3, 0.4) is 0 Å². The lowest BCUT2D eigenvalue weighted by Gasteiger charge is -2.33. The summed E-state index contributed by atoms with van der Waals surface area (Å²) in [6.07, 6.45) is 3.77. The molecule has 12 heteroatoms. The number of aryl methyl sites for hydroxylation is 1. The number of nitrogens with two attached hydrogens (primary N) is 1. The molecule has 3 aromatic rings. The van der Waals surface area contributed by atoms with E-state index in [1.54, 1.807) is 20.1 Å². The molecular formula is C25H29N7O4S. The predicted molar refractivity (Wildman–Crippen MR) is 136 cm³/mol. The van der Waals surface area contributed by atoms with Crippen LogP contribution in [0.15, 0.2) is 28.5 Å². The third-order valence-corrected chi connectivity index (χ3v) is 7.93. The predicted octanol–water partition coefficient (Wildman–Crippen LogP) is 2.87. The number of imidazole rings is 1. The number of hydrogen-bond acceptors (Lipinski definition) is 10. The Labute approximate surface area is 218 Å². The van der Waals surface area contributed by atoms with Gasteiger partial charge in [-0.05, 0) is 38.2 Å². The van der Waals surface area contributed by atoms with Crippen molar-refractivity contribution in [3.05, 3.63) is 24.0 Å². The highest BCUT2D eigenvalue weighted by Crippen LogP contribution is 2.40. The Hall–Kier alpha value is -3.56. The van der Waals surface area contributed by atoms with Crippen LogP contribution in [0.2, 0.25) is 0 Å². The minimum absolute atomic E-state index is 0.0418. The molecule has 0 saturated carbocycles. The zero-order valence-electron chi connectivity index (χ0n) is 20.8. The van der Waals surface area contributed by atoms with E-state index < -0.39 is 6.10 Å². The Morgan fingerprint density at radius 2 is 2.00 bits per heavy atom. The Kier molecular flexibility index (Phi) is 7.34. The summed E-state index contributed by atoms with van der Waals surface area (Å²) in [5.41, 5.74) is 7.80. The van der Waals surface area contributed by atoms with Gasteiger partial charge in [-0.2, -0.15) is 5.26 Å². The molecule has 194 valence electrons. The Bertz CT molecular complexity index is 1350. The van der Waals surface area contributed by atoms with Crippen LogP contribution < -0.4 is 15.2 Å². The number of amides is 1. The van der Waals surface area contributed by atoms with Gasteiger partial charge < -0.3 is 29.4 Å². The van der Waals surface area contributed by atoms with Crippen molar-refractivity contribution in [2.45, 2.75) is 48.9 Å². The van der Waals surface area contributed by atoms with Crippen LogP contribution in [0, 0.1) is 17.2 Å².